The third-order valence-corrected chi connectivity index (χ3v) is 5.34. The first-order valence-corrected chi connectivity index (χ1v) is 9.72. The first-order chi connectivity index (χ1) is 14.1. The van der Waals surface area contributed by atoms with Crippen LogP contribution in [0.3, 0.4) is 0 Å². The molecule has 0 fully saturated rings. The summed E-state index contributed by atoms with van der Waals surface area (Å²) in [7, 11) is 0. The summed E-state index contributed by atoms with van der Waals surface area (Å²) in [5.41, 5.74) is 2.18. The minimum Gasteiger partial charge on any atom is -0.325 e. The Balaban J connectivity index is 1.54. The average molecular weight is 387 g/mol. The lowest BCUT2D eigenvalue weighted by Crippen LogP contribution is -2.44. The van der Waals surface area contributed by atoms with Crippen LogP contribution in [0.1, 0.15) is 36.2 Å². The molecular formula is C21H21N7O. The van der Waals surface area contributed by atoms with Crippen LogP contribution in [-0.4, -0.2) is 47.3 Å². The van der Waals surface area contributed by atoms with Gasteiger partial charge in [0.05, 0.1) is 18.1 Å². The van der Waals surface area contributed by atoms with Gasteiger partial charge in [-0.3, -0.25) is 14.9 Å². The van der Waals surface area contributed by atoms with Gasteiger partial charge in [0.2, 0.25) is 0 Å². The molecule has 8 heteroatoms. The number of hydrogen-bond donors (Lipinski definition) is 1. The van der Waals surface area contributed by atoms with Gasteiger partial charge in [-0.1, -0.05) is 32.0 Å². The molecule has 4 heterocycles. The zero-order valence-electron chi connectivity index (χ0n) is 16.3. The van der Waals surface area contributed by atoms with Crippen molar-refractivity contribution in [3.05, 3.63) is 60.3 Å². The summed E-state index contributed by atoms with van der Waals surface area (Å²) in [5.74, 6) is 1.53. The Labute approximate surface area is 167 Å². The van der Waals surface area contributed by atoms with E-state index in [-0.39, 0.29) is 17.9 Å². The highest BCUT2D eigenvalue weighted by atomic mass is 16.2. The molecule has 1 aliphatic heterocycles. The zero-order valence-corrected chi connectivity index (χ0v) is 16.3. The molecule has 1 atom stereocenters. The predicted molar refractivity (Wildman–Crippen MR) is 108 cm³/mol. The van der Waals surface area contributed by atoms with Gasteiger partial charge in [0.25, 0.3) is 5.91 Å². The van der Waals surface area contributed by atoms with Gasteiger partial charge in [-0.2, -0.15) is 10.2 Å². The van der Waals surface area contributed by atoms with Crippen molar-refractivity contribution < 1.29 is 4.79 Å². The SMILES string of the molecule is CC(C)[C@@H]1c2nc(-c3cccnc3)nn2CCN1C(=O)c1n[nH]c2ccccc12. The first-order valence-electron chi connectivity index (χ1n) is 9.72. The standard InChI is InChI=1S/C21H21N7O/c1-13(2)18-20-23-19(14-6-5-9-22-12-14)26-28(20)11-10-27(18)21(29)17-15-7-3-4-8-16(15)24-25-17/h3-9,12-13,18H,10-11H2,1-2H3,(H,24,25)/t18-/m1/s1. The van der Waals surface area contributed by atoms with Crippen LogP contribution in [0.5, 0.6) is 0 Å². The minimum absolute atomic E-state index is 0.0849. The number of para-hydroxylation sites is 1. The Morgan fingerprint density at radius 3 is 2.83 bits per heavy atom. The van der Waals surface area contributed by atoms with Crippen molar-refractivity contribution in [2.75, 3.05) is 6.54 Å². The number of rotatable bonds is 3. The number of hydrogen-bond acceptors (Lipinski definition) is 5. The summed E-state index contributed by atoms with van der Waals surface area (Å²) >= 11 is 0. The maximum absolute atomic E-state index is 13.5. The highest BCUT2D eigenvalue weighted by Gasteiger charge is 2.37. The third kappa shape index (κ3) is 2.88. The van der Waals surface area contributed by atoms with E-state index in [4.69, 9.17) is 4.98 Å². The lowest BCUT2D eigenvalue weighted by Gasteiger charge is -2.37. The van der Waals surface area contributed by atoms with Crippen molar-refractivity contribution in [3.8, 4) is 11.4 Å². The summed E-state index contributed by atoms with van der Waals surface area (Å²) in [5, 5.41) is 12.8. The van der Waals surface area contributed by atoms with E-state index < -0.39 is 0 Å². The molecule has 0 bridgehead atoms. The van der Waals surface area contributed by atoms with E-state index in [2.05, 4.69) is 34.1 Å². The maximum Gasteiger partial charge on any atom is 0.275 e. The van der Waals surface area contributed by atoms with Crippen LogP contribution in [-0.2, 0) is 6.54 Å². The highest BCUT2D eigenvalue weighted by molar-refractivity contribution is 6.04. The summed E-state index contributed by atoms with van der Waals surface area (Å²) in [6.45, 7) is 5.36. The molecular weight excluding hydrogens is 366 g/mol. The van der Waals surface area contributed by atoms with Crippen molar-refractivity contribution >= 4 is 16.8 Å². The molecule has 146 valence electrons. The second-order valence-corrected chi connectivity index (χ2v) is 7.56. The van der Waals surface area contributed by atoms with Crippen LogP contribution in [0.2, 0.25) is 0 Å². The Morgan fingerprint density at radius 1 is 1.17 bits per heavy atom. The van der Waals surface area contributed by atoms with Crippen LogP contribution in [0.15, 0.2) is 48.8 Å². The molecule has 1 amide bonds. The van der Waals surface area contributed by atoms with E-state index in [0.29, 0.717) is 24.6 Å². The molecule has 5 rings (SSSR count). The smallest absolute Gasteiger partial charge is 0.275 e. The van der Waals surface area contributed by atoms with Crippen molar-refractivity contribution in [1.82, 2.24) is 34.8 Å². The largest absolute Gasteiger partial charge is 0.325 e. The predicted octanol–water partition coefficient (Wildman–Crippen LogP) is 3.07. The van der Waals surface area contributed by atoms with E-state index in [0.717, 1.165) is 22.3 Å². The summed E-state index contributed by atoms with van der Waals surface area (Å²) < 4.78 is 1.92. The van der Waals surface area contributed by atoms with Gasteiger partial charge in [-0.15, -0.1) is 0 Å². The molecule has 0 unspecified atom stereocenters. The van der Waals surface area contributed by atoms with Crippen LogP contribution in [0, 0.1) is 5.92 Å². The maximum atomic E-state index is 13.5. The van der Waals surface area contributed by atoms with Crippen LogP contribution < -0.4 is 0 Å². The van der Waals surface area contributed by atoms with Gasteiger partial charge in [-0.05, 0) is 24.1 Å². The molecule has 0 saturated heterocycles. The summed E-state index contributed by atoms with van der Waals surface area (Å²) in [6.07, 6.45) is 3.48. The topological polar surface area (TPSA) is 92.6 Å². The fraction of sp³-hybridized carbons (Fsp3) is 0.286. The fourth-order valence-corrected chi connectivity index (χ4v) is 3.98. The normalized spacial score (nSPS) is 16.4. The van der Waals surface area contributed by atoms with Crippen molar-refractivity contribution in [2.24, 2.45) is 5.92 Å². The minimum atomic E-state index is -0.176. The number of amides is 1. The zero-order chi connectivity index (χ0) is 20.0. The van der Waals surface area contributed by atoms with E-state index >= 15 is 0 Å². The molecule has 1 aromatic carbocycles. The number of benzene rings is 1. The Kier molecular flexibility index (Phi) is 4.12. The van der Waals surface area contributed by atoms with Gasteiger partial charge in [0.15, 0.2) is 17.3 Å². The van der Waals surface area contributed by atoms with Gasteiger partial charge >= 0.3 is 0 Å². The summed E-state index contributed by atoms with van der Waals surface area (Å²) in [6, 6.07) is 11.3. The lowest BCUT2D eigenvalue weighted by molar-refractivity contribution is 0.0532. The van der Waals surface area contributed by atoms with Crippen LogP contribution in [0.4, 0.5) is 0 Å². The number of aromatic amines is 1. The monoisotopic (exact) mass is 387 g/mol. The first kappa shape index (κ1) is 17.5. The number of nitrogens with one attached hydrogen (secondary N) is 1. The molecule has 3 aromatic heterocycles. The van der Waals surface area contributed by atoms with E-state index in [1.54, 1.807) is 12.4 Å². The number of aromatic nitrogens is 6. The van der Waals surface area contributed by atoms with Crippen LogP contribution >= 0.6 is 0 Å². The van der Waals surface area contributed by atoms with Crippen molar-refractivity contribution in [1.29, 1.82) is 0 Å². The average Bonchev–Trinajstić information content (AvgIpc) is 3.37. The molecule has 0 saturated carbocycles. The quantitative estimate of drug-likeness (QED) is 0.583. The van der Waals surface area contributed by atoms with Crippen molar-refractivity contribution in [2.45, 2.75) is 26.4 Å². The molecule has 1 N–H and O–H groups in total. The van der Waals surface area contributed by atoms with E-state index in [1.165, 1.54) is 0 Å². The van der Waals surface area contributed by atoms with E-state index in [1.807, 2.05) is 46.0 Å². The molecule has 4 aromatic rings. The van der Waals surface area contributed by atoms with Crippen LogP contribution in [0.25, 0.3) is 22.3 Å². The van der Waals surface area contributed by atoms with Gasteiger partial charge in [0.1, 0.15) is 0 Å². The Morgan fingerprint density at radius 2 is 2.03 bits per heavy atom. The lowest BCUT2D eigenvalue weighted by atomic mass is 9.99. The molecule has 0 aliphatic carbocycles. The number of fused-ring (bicyclic) bond motifs is 2. The fourth-order valence-electron chi connectivity index (χ4n) is 3.98. The van der Waals surface area contributed by atoms with Gasteiger partial charge < -0.3 is 4.90 Å². The number of nitrogens with zero attached hydrogens (tertiary/aromatic N) is 6. The number of H-pyrrole nitrogens is 1. The Bertz CT molecular complexity index is 1180. The molecule has 0 radical (unpaired) electrons. The van der Waals surface area contributed by atoms with Crippen molar-refractivity contribution in [3.63, 3.8) is 0 Å². The number of carbonyl (C=O) groups is 1. The molecule has 8 nitrogen and oxygen atoms in total. The molecule has 1 aliphatic rings. The van der Waals surface area contributed by atoms with Gasteiger partial charge in [0, 0.05) is 29.9 Å². The highest BCUT2D eigenvalue weighted by Crippen LogP contribution is 2.33. The number of pyridine rings is 1. The summed E-state index contributed by atoms with van der Waals surface area (Å²) in [4.78, 5) is 24.3. The van der Waals surface area contributed by atoms with Gasteiger partial charge in [-0.25, -0.2) is 9.67 Å². The second-order valence-electron chi connectivity index (χ2n) is 7.56. The Hall–Kier alpha value is -3.55. The molecule has 0 spiro atoms. The third-order valence-electron chi connectivity index (χ3n) is 5.34. The molecule has 29 heavy (non-hydrogen) atoms. The second kappa shape index (κ2) is 6.80. The number of carbonyl (C=O) groups excluding carboxylic acids is 1. The van der Waals surface area contributed by atoms with E-state index in [9.17, 15) is 4.79 Å².